The van der Waals surface area contributed by atoms with Gasteiger partial charge in [-0.25, -0.2) is 0 Å². The summed E-state index contributed by atoms with van der Waals surface area (Å²) >= 11 is 0. The Bertz CT molecular complexity index is 162. The Balaban J connectivity index is 2.79. The second-order valence-electron chi connectivity index (χ2n) is 3.39. The quantitative estimate of drug-likeness (QED) is 0.255. The van der Waals surface area contributed by atoms with Gasteiger partial charge in [-0.3, -0.25) is 0 Å². The molecule has 0 aromatic heterocycles. The molecule has 0 heterocycles. The van der Waals surface area contributed by atoms with Crippen LogP contribution in [-0.2, 0) is 0 Å². The van der Waals surface area contributed by atoms with Gasteiger partial charge in [-0.2, -0.15) is 0 Å². The highest BCUT2D eigenvalue weighted by molar-refractivity contribution is 4.99. The molecule has 0 spiro atoms. The van der Waals surface area contributed by atoms with E-state index in [9.17, 15) is 20.4 Å². The third-order valence-corrected chi connectivity index (χ3v) is 2.58. The van der Waals surface area contributed by atoms with Crippen molar-refractivity contribution in [1.29, 1.82) is 0 Å². The van der Waals surface area contributed by atoms with Crippen LogP contribution in [0.5, 0.6) is 0 Å². The van der Waals surface area contributed by atoms with Crippen molar-refractivity contribution in [1.82, 2.24) is 0 Å². The van der Waals surface area contributed by atoms with Crippen LogP contribution in [0.1, 0.15) is 0 Å². The zero-order valence-corrected chi connectivity index (χ0v) is 6.98. The van der Waals surface area contributed by atoms with Gasteiger partial charge in [0, 0.05) is 5.92 Å². The highest BCUT2D eigenvalue weighted by Crippen LogP contribution is 2.24. The lowest BCUT2D eigenvalue weighted by Crippen LogP contribution is -2.64. The summed E-state index contributed by atoms with van der Waals surface area (Å²) in [6, 6.07) is -1.05. The van der Waals surface area contributed by atoms with Gasteiger partial charge in [-0.1, -0.05) is 0 Å². The number of hydrogen-bond donors (Lipinski definition) is 6. The molecule has 0 aromatic carbocycles. The van der Waals surface area contributed by atoms with E-state index in [2.05, 4.69) is 0 Å². The molecule has 0 bridgehead atoms. The second-order valence-corrected chi connectivity index (χ2v) is 3.39. The van der Waals surface area contributed by atoms with Gasteiger partial charge >= 0.3 is 0 Å². The molecule has 6 nitrogen and oxygen atoms in total. The first-order valence-electron chi connectivity index (χ1n) is 4.09. The fourth-order valence-corrected chi connectivity index (χ4v) is 1.59. The Kier molecular flexibility index (Phi) is 3.23. The van der Waals surface area contributed by atoms with Gasteiger partial charge in [0.1, 0.15) is 12.2 Å². The summed E-state index contributed by atoms with van der Waals surface area (Å²) in [5.74, 6) is -0.909. The molecule has 1 aliphatic carbocycles. The van der Waals surface area contributed by atoms with E-state index in [0.29, 0.717) is 0 Å². The van der Waals surface area contributed by atoms with Crippen LogP contribution >= 0.6 is 0 Å². The van der Waals surface area contributed by atoms with E-state index >= 15 is 0 Å². The molecule has 6 heteroatoms. The van der Waals surface area contributed by atoms with E-state index in [1.165, 1.54) is 0 Å². The summed E-state index contributed by atoms with van der Waals surface area (Å²) in [5.41, 5.74) is 5.36. The van der Waals surface area contributed by atoms with Crippen molar-refractivity contribution in [3.8, 4) is 0 Å². The van der Waals surface area contributed by atoms with Gasteiger partial charge in [0.25, 0.3) is 0 Å². The van der Waals surface area contributed by atoms with Crippen LogP contribution in [0.3, 0.4) is 0 Å². The van der Waals surface area contributed by atoms with Crippen molar-refractivity contribution in [2.24, 2.45) is 11.7 Å². The van der Waals surface area contributed by atoms with E-state index in [1.807, 2.05) is 0 Å². The van der Waals surface area contributed by atoms with Crippen LogP contribution in [0, 0.1) is 5.92 Å². The zero-order valence-electron chi connectivity index (χ0n) is 6.98. The van der Waals surface area contributed by atoms with Crippen LogP contribution in [0.4, 0.5) is 0 Å². The average molecular weight is 193 g/mol. The number of rotatable bonds is 1. The van der Waals surface area contributed by atoms with Crippen LogP contribution in [-0.4, -0.2) is 62.6 Å². The molecule has 1 unspecified atom stereocenters. The molecule has 0 radical (unpaired) electrons. The molecule has 6 atom stereocenters. The SMILES string of the molecule is NC1[C@H](O)[C@@H](O)[C@H](O)[C@@H](CO)[C@H]1O. The predicted molar refractivity (Wildman–Crippen MR) is 42.6 cm³/mol. The highest BCUT2D eigenvalue weighted by Gasteiger charge is 2.46. The van der Waals surface area contributed by atoms with E-state index in [1.54, 1.807) is 0 Å². The number of hydrogen-bond acceptors (Lipinski definition) is 6. The lowest BCUT2D eigenvalue weighted by molar-refractivity contribution is -0.167. The standard InChI is InChI=1S/C7H15NO5/c8-3-4(10)2(1-9)5(11)7(13)6(3)12/h2-7,9-13H,1,8H2/t2-,3?,4+,5+,6-,7-/m0/s1. The van der Waals surface area contributed by atoms with Crippen LogP contribution < -0.4 is 5.73 Å². The molecule has 0 amide bonds. The molecule has 1 saturated carbocycles. The fourth-order valence-electron chi connectivity index (χ4n) is 1.59. The molecule has 7 N–H and O–H groups in total. The molecule has 1 fully saturated rings. The lowest BCUT2D eigenvalue weighted by Gasteiger charge is -2.41. The Morgan fingerprint density at radius 3 is 1.85 bits per heavy atom. The largest absolute Gasteiger partial charge is 0.396 e. The fraction of sp³-hybridized carbons (Fsp3) is 1.00. The number of aliphatic hydroxyl groups excluding tert-OH is 5. The summed E-state index contributed by atoms with van der Waals surface area (Å²) < 4.78 is 0. The van der Waals surface area contributed by atoms with Crippen molar-refractivity contribution < 1.29 is 25.5 Å². The first kappa shape index (κ1) is 10.8. The summed E-state index contributed by atoms with van der Waals surface area (Å²) in [5, 5.41) is 45.9. The van der Waals surface area contributed by atoms with E-state index in [-0.39, 0.29) is 0 Å². The highest BCUT2D eigenvalue weighted by atomic mass is 16.4. The van der Waals surface area contributed by atoms with Gasteiger partial charge in [0.15, 0.2) is 0 Å². The average Bonchev–Trinajstić information content (AvgIpc) is 2.13. The first-order chi connectivity index (χ1) is 6.00. The molecule has 13 heavy (non-hydrogen) atoms. The maximum absolute atomic E-state index is 9.38. The van der Waals surface area contributed by atoms with Crippen LogP contribution in [0.2, 0.25) is 0 Å². The zero-order chi connectivity index (χ0) is 10.2. The van der Waals surface area contributed by atoms with Gasteiger partial charge < -0.3 is 31.3 Å². The topological polar surface area (TPSA) is 127 Å². The minimum atomic E-state index is -1.42. The minimum absolute atomic E-state index is 0.486. The molecule has 78 valence electrons. The van der Waals surface area contributed by atoms with Crippen molar-refractivity contribution >= 4 is 0 Å². The first-order valence-corrected chi connectivity index (χ1v) is 4.09. The maximum Gasteiger partial charge on any atom is 0.108 e. The van der Waals surface area contributed by atoms with Gasteiger partial charge in [-0.05, 0) is 0 Å². The minimum Gasteiger partial charge on any atom is -0.396 e. The van der Waals surface area contributed by atoms with Crippen LogP contribution in [0.25, 0.3) is 0 Å². The van der Waals surface area contributed by atoms with Crippen molar-refractivity contribution in [2.75, 3.05) is 6.61 Å². The number of aliphatic hydroxyl groups is 5. The van der Waals surface area contributed by atoms with E-state index < -0.39 is 43.0 Å². The van der Waals surface area contributed by atoms with Crippen molar-refractivity contribution in [3.05, 3.63) is 0 Å². The Morgan fingerprint density at radius 2 is 1.38 bits per heavy atom. The third kappa shape index (κ3) is 1.69. The Hall–Kier alpha value is -0.240. The monoisotopic (exact) mass is 193 g/mol. The molecule has 1 aliphatic rings. The van der Waals surface area contributed by atoms with E-state index in [4.69, 9.17) is 10.8 Å². The van der Waals surface area contributed by atoms with Gasteiger partial charge in [0.05, 0.1) is 24.9 Å². The second kappa shape index (κ2) is 3.87. The third-order valence-electron chi connectivity index (χ3n) is 2.58. The van der Waals surface area contributed by atoms with Gasteiger partial charge in [0.2, 0.25) is 0 Å². The Labute approximate surface area is 75.2 Å². The maximum atomic E-state index is 9.38. The molecule has 0 saturated heterocycles. The normalized spacial score (nSPS) is 52.2. The van der Waals surface area contributed by atoms with Crippen molar-refractivity contribution in [2.45, 2.75) is 30.5 Å². The summed E-state index contributed by atoms with van der Waals surface area (Å²) in [6.07, 6.45) is -5.35. The molecular formula is C7H15NO5. The Morgan fingerprint density at radius 1 is 0.846 bits per heavy atom. The molecule has 1 rings (SSSR count). The van der Waals surface area contributed by atoms with Crippen molar-refractivity contribution in [3.63, 3.8) is 0 Å². The molecule has 0 aromatic rings. The van der Waals surface area contributed by atoms with Crippen LogP contribution in [0.15, 0.2) is 0 Å². The smallest absolute Gasteiger partial charge is 0.108 e. The molecule has 0 aliphatic heterocycles. The van der Waals surface area contributed by atoms with Gasteiger partial charge in [-0.15, -0.1) is 0 Å². The summed E-state index contributed by atoms with van der Waals surface area (Å²) in [6.45, 7) is -0.486. The molecular weight excluding hydrogens is 178 g/mol. The number of nitrogens with two attached hydrogens (primary N) is 1. The predicted octanol–water partition coefficient (Wildman–Crippen LogP) is -3.62. The lowest BCUT2D eigenvalue weighted by atomic mass is 9.78. The summed E-state index contributed by atoms with van der Waals surface area (Å²) in [4.78, 5) is 0. The summed E-state index contributed by atoms with van der Waals surface area (Å²) in [7, 11) is 0. The van der Waals surface area contributed by atoms with E-state index in [0.717, 1.165) is 0 Å².